The van der Waals surface area contributed by atoms with Crippen LogP contribution in [0.25, 0.3) is 5.65 Å². The molecule has 1 N–H and O–H groups in total. The molecule has 4 aromatic rings. The average molecular weight is 394 g/mol. The molecule has 0 fully saturated rings. The molecule has 1 aromatic carbocycles. The van der Waals surface area contributed by atoms with Crippen molar-refractivity contribution in [3.63, 3.8) is 0 Å². The first-order valence-corrected chi connectivity index (χ1v) is 8.89. The molecule has 0 saturated heterocycles. The van der Waals surface area contributed by atoms with Gasteiger partial charge in [0.15, 0.2) is 17.3 Å². The number of benzene rings is 1. The number of rotatable bonds is 5. The quantitative estimate of drug-likeness (QED) is 0.560. The molecular weight excluding hydrogens is 378 g/mol. The van der Waals surface area contributed by atoms with Crippen molar-refractivity contribution in [1.29, 1.82) is 0 Å². The van der Waals surface area contributed by atoms with Gasteiger partial charge in [-0.2, -0.15) is 4.52 Å². The van der Waals surface area contributed by atoms with Crippen molar-refractivity contribution < 1.29 is 4.79 Å². The Kier molecular flexibility index (Phi) is 4.86. The van der Waals surface area contributed by atoms with Crippen LogP contribution in [0.15, 0.2) is 60.8 Å². The van der Waals surface area contributed by atoms with Crippen LogP contribution < -0.4 is 10.2 Å². The van der Waals surface area contributed by atoms with Crippen molar-refractivity contribution in [2.75, 3.05) is 17.3 Å². The van der Waals surface area contributed by atoms with E-state index in [2.05, 4.69) is 25.6 Å². The number of carbonyl (C=O) groups is 1. The molecule has 0 spiro atoms. The molecule has 0 unspecified atom stereocenters. The normalized spacial score (nSPS) is 10.8. The minimum atomic E-state index is -0.164. The van der Waals surface area contributed by atoms with Gasteiger partial charge in [-0.25, -0.2) is 4.98 Å². The first-order chi connectivity index (χ1) is 13.6. The highest BCUT2D eigenvalue weighted by Gasteiger charge is 2.17. The van der Waals surface area contributed by atoms with Crippen molar-refractivity contribution in [2.24, 2.45) is 0 Å². The number of hydrogen-bond acceptors (Lipinski definition) is 6. The number of hydrogen-bond donors (Lipinski definition) is 1. The topological polar surface area (TPSA) is 88.3 Å². The van der Waals surface area contributed by atoms with E-state index >= 15 is 0 Å². The van der Waals surface area contributed by atoms with E-state index in [-0.39, 0.29) is 12.3 Å². The summed E-state index contributed by atoms with van der Waals surface area (Å²) in [4.78, 5) is 18.3. The molecule has 9 heteroatoms. The Balaban J connectivity index is 1.57. The maximum atomic E-state index is 12.6. The zero-order chi connectivity index (χ0) is 19.5. The standard InChI is InChI=1S/C19H16ClN7O/c1-26(16-7-2-3-10-21-16)19(28)12-18-24-23-17-9-8-15(25-27(17)18)22-14-6-4-5-13(20)11-14/h2-11H,12H2,1H3,(H,22,25). The number of nitrogens with one attached hydrogen (secondary N) is 1. The lowest BCUT2D eigenvalue weighted by Crippen LogP contribution is -2.29. The number of carbonyl (C=O) groups excluding carboxylic acids is 1. The highest BCUT2D eigenvalue weighted by atomic mass is 35.5. The van der Waals surface area contributed by atoms with Gasteiger partial charge in [0.1, 0.15) is 5.82 Å². The van der Waals surface area contributed by atoms with Crippen molar-refractivity contribution in [3.05, 3.63) is 71.6 Å². The predicted molar refractivity (Wildman–Crippen MR) is 107 cm³/mol. The summed E-state index contributed by atoms with van der Waals surface area (Å²) in [6.45, 7) is 0. The van der Waals surface area contributed by atoms with E-state index in [1.165, 1.54) is 4.90 Å². The SMILES string of the molecule is CN(C(=O)Cc1nnc2ccc(Nc3cccc(Cl)c3)nn12)c1ccccn1. The van der Waals surface area contributed by atoms with Gasteiger partial charge in [-0.15, -0.1) is 15.3 Å². The van der Waals surface area contributed by atoms with Gasteiger partial charge in [0.25, 0.3) is 0 Å². The fourth-order valence-electron chi connectivity index (χ4n) is 2.66. The third-order valence-corrected chi connectivity index (χ3v) is 4.34. The summed E-state index contributed by atoms with van der Waals surface area (Å²) in [7, 11) is 1.67. The number of fused-ring (bicyclic) bond motifs is 1. The van der Waals surface area contributed by atoms with Crippen molar-refractivity contribution in [3.8, 4) is 0 Å². The molecule has 0 radical (unpaired) electrons. The molecule has 0 aliphatic heterocycles. The zero-order valence-corrected chi connectivity index (χ0v) is 15.7. The number of likely N-dealkylation sites (N-methyl/N-ethyl adjacent to an activating group) is 1. The molecule has 1 amide bonds. The Morgan fingerprint density at radius 2 is 2.04 bits per heavy atom. The Bertz CT molecular complexity index is 1130. The van der Waals surface area contributed by atoms with Crippen LogP contribution in [0, 0.1) is 0 Å². The van der Waals surface area contributed by atoms with Crippen molar-refractivity contribution in [1.82, 2.24) is 24.8 Å². The van der Waals surface area contributed by atoms with Crippen LogP contribution >= 0.6 is 11.6 Å². The molecule has 0 saturated carbocycles. The largest absolute Gasteiger partial charge is 0.339 e. The summed E-state index contributed by atoms with van der Waals surface area (Å²) >= 11 is 6.02. The number of pyridine rings is 1. The summed E-state index contributed by atoms with van der Waals surface area (Å²) < 4.78 is 1.55. The second kappa shape index (κ2) is 7.61. The second-order valence-electron chi connectivity index (χ2n) is 6.06. The van der Waals surface area contributed by atoms with E-state index < -0.39 is 0 Å². The molecule has 0 atom stereocenters. The third kappa shape index (κ3) is 3.77. The lowest BCUT2D eigenvalue weighted by molar-refractivity contribution is -0.117. The first kappa shape index (κ1) is 17.9. The number of halogens is 1. The van der Waals surface area contributed by atoms with E-state index in [1.807, 2.05) is 18.2 Å². The lowest BCUT2D eigenvalue weighted by atomic mass is 10.3. The first-order valence-electron chi connectivity index (χ1n) is 8.52. The van der Waals surface area contributed by atoms with E-state index in [9.17, 15) is 4.79 Å². The molecule has 0 aliphatic carbocycles. The highest BCUT2D eigenvalue weighted by molar-refractivity contribution is 6.30. The fraction of sp³-hybridized carbons (Fsp3) is 0.105. The molecular formula is C19H16ClN7O. The molecule has 0 bridgehead atoms. The Morgan fingerprint density at radius 1 is 1.14 bits per heavy atom. The number of nitrogens with zero attached hydrogens (tertiary/aromatic N) is 6. The predicted octanol–water partition coefficient (Wildman–Crippen LogP) is 3.12. The van der Waals surface area contributed by atoms with Crippen LogP contribution in [0.4, 0.5) is 17.3 Å². The van der Waals surface area contributed by atoms with Gasteiger partial charge in [0, 0.05) is 24.0 Å². The maximum absolute atomic E-state index is 12.6. The Morgan fingerprint density at radius 3 is 2.82 bits per heavy atom. The van der Waals surface area contributed by atoms with E-state index in [4.69, 9.17) is 11.6 Å². The van der Waals surface area contributed by atoms with Crippen LogP contribution in [0.1, 0.15) is 5.82 Å². The van der Waals surface area contributed by atoms with Crippen LogP contribution in [-0.4, -0.2) is 37.8 Å². The van der Waals surface area contributed by atoms with Gasteiger partial charge in [0.05, 0.1) is 6.42 Å². The van der Waals surface area contributed by atoms with Gasteiger partial charge >= 0.3 is 0 Å². The summed E-state index contributed by atoms with van der Waals surface area (Å²) in [5, 5.41) is 16.5. The lowest BCUT2D eigenvalue weighted by Gasteiger charge is -2.15. The third-order valence-electron chi connectivity index (χ3n) is 4.10. The smallest absolute Gasteiger partial charge is 0.235 e. The fourth-order valence-corrected chi connectivity index (χ4v) is 2.85. The van der Waals surface area contributed by atoms with Crippen LogP contribution in [0.5, 0.6) is 0 Å². The minimum Gasteiger partial charge on any atom is -0.339 e. The average Bonchev–Trinajstić information content (AvgIpc) is 3.10. The molecule has 3 aromatic heterocycles. The summed E-state index contributed by atoms with van der Waals surface area (Å²) in [6.07, 6.45) is 1.68. The number of amides is 1. The molecule has 140 valence electrons. The van der Waals surface area contributed by atoms with Gasteiger partial charge in [-0.1, -0.05) is 23.7 Å². The second-order valence-corrected chi connectivity index (χ2v) is 6.49. The van der Waals surface area contributed by atoms with E-state index in [0.29, 0.717) is 28.1 Å². The monoisotopic (exact) mass is 393 g/mol. The molecule has 8 nitrogen and oxygen atoms in total. The summed E-state index contributed by atoms with van der Waals surface area (Å²) in [5.74, 6) is 1.43. The van der Waals surface area contributed by atoms with Crippen LogP contribution in [0.2, 0.25) is 5.02 Å². The molecule has 3 heterocycles. The minimum absolute atomic E-state index is 0.0435. The van der Waals surface area contributed by atoms with E-state index in [1.54, 1.807) is 54.2 Å². The van der Waals surface area contributed by atoms with Crippen molar-refractivity contribution >= 4 is 40.5 Å². The number of anilines is 3. The Hall–Kier alpha value is -3.52. The number of aromatic nitrogens is 5. The zero-order valence-electron chi connectivity index (χ0n) is 15.0. The van der Waals surface area contributed by atoms with E-state index in [0.717, 1.165) is 5.69 Å². The van der Waals surface area contributed by atoms with Crippen LogP contribution in [0.3, 0.4) is 0 Å². The highest BCUT2D eigenvalue weighted by Crippen LogP contribution is 2.19. The van der Waals surface area contributed by atoms with Gasteiger partial charge in [-0.05, 0) is 42.5 Å². The van der Waals surface area contributed by atoms with Crippen LogP contribution in [-0.2, 0) is 11.2 Å². The molecule has 0 aliphatic rings. The summed E-state index contributed by atoms with van der Waals surface area (Å²) in [5.41, 5.74) is 1.36. The molecule has 4 rings (SSSR count). The molecule has 28 heavy (non-hydrogen) atoms. The van der Waals surface area contributed by atoms with Crippen molar-refractivity contribution in [2.45, 2.75) is 6.42 Å². The van der Waals surface area contributed by atoms with Gasteiger partial charge in [-0.3, -0.25) is 9.69 Å². The summed E-state index contributed by atoms with van der Waals surface area (Å²) in [6, 6.07) is 16.3. The van der Waals surface area contributed by atoms with Gasteiger partial charge < -0.3 is 5.32 Å². The Labute approximate surface area is 165 Å². The van der Waals surface area contributed by atoms with Gasteiger partial charge in [0.2, 0.25) is 5.91 Å². The maximum Gasteiger partial charge on any atom is 0.235 e.